The van der Waals surface area contributed by atoms with Gasteiger partial charge in [0.25, 0.3) is 0 Å². The Bertz CT molecular complexity index is 681. The quantitative estimate of drug-likeness (QED) is 0.854. The van der Waals surface area contributed by atoms with Crippen molar-refractivity contribution in [1.29, 1.82) is 0 Å². The first kappa shape index (κ1) is 16.5. The van der Waals surface area contributed by atoms with Crippen LogP contribution in [0.3, 0.4) is 0 Å². The molecular formula is C20H27N5. The lowest BCUT2D eigenvalue weighted by atomic mass is 10.2. The summed E-state index contributed by atoms with van der Waals surface area (Å²) in [5.74, 6) is 1.93. The van der Waals surface area contributed by atoms with E-state index < -0.39 is 0 Å². The first-order valence-electron chi connectivity index (χ1n) is 9.33. The van der Waals surface area contributed by atoms with Gasteiger partial charge in [-0.25, -0.2) is 9.97 Å². The van der Waals surface area contributed by atoms with Crippen LogP contribution in [0.1, 0.15) is 17.8 Å². The Balaban J connectivity index is 1.28. The highest BCUT2D eigenvalue weighted by Gasteiger charge is 2.30. The Kier molecular flexibility index (Phi) is 4.95. The van der Waals surface area contributed by atoms with Crippen LogP contribution in [0.2, 0.25) is 0 Å². The molecule has 1 aromatic heterocycles. The molecule has 2 fully saturated rings. The predicted molar refractivity (Wildman–Crippen MR) is 101 cm³/mol. The highest BCUT2D eigenvalue weighted by Crippen LogP contribution is 2.21. The van der Waals surface area contributed by atoms with Gasteiger partial charge < -0.3 is 4.90 Å². The number of anilines is 1. The zero-order valence-corrected chi connectivity index (χ0v) is 15.0. The van der Waals surface area contributed by atoms with Gasteiger partial charge in [-0.2, -0.15) is 0 Å². The van der Waals surface area contributed by atoms with E-state index in [1.54, 1.807) is 0 Å². The minimum Gasteiger partial charge on any atom is -0.354 e. The molecule has 3 heterocycles. The smallest absolute Gasteiger partial charge is 0.132 e. The van der Waals surface area contributed by atoms with Gasteiger partial charge in [-0.3, -0.25) is 9.80 Å². The number of piperazine rings is 1. The van der Waals surface area contributed by atoms with Gasteiger partial charge in [0.2, 0.25) is 0 Å². The van der Waals surface area contributed by atoms with Crippen molar-refractivity contribution in [3.8, 4) is 0 Å². The van der Waals surface area contributed by atoms with Crippen LogP contribution in [0.4, 0.5) is 5.82 Å². The standard InChI is InChI=1S/C20H27N5/c1-17-21-9-7-20(22-17)25-13-11-24(12-14-25)19-8-10-23(16-19)15-18-5-3-2-4-6-18/h2-7,9,19H,8,10-16H2,1H3. The van der Waals surface area contributed by atoms with E-state index in [1.807, 2.05) is 19.2 Å². The Labute approximate surface area is 150 Å². The molecule has 2 aromatic rings. The summed E-state index contributed by atoms with van der Waals surface area (Å²) in [5.41, 5.74) is 1.42. The summed E-state index contributed by atoms with van der Waals surface area (Å²) in [6, 6.07) is 13.6. The third-order valence-corrected chi connectivity index (χ3v) is 5.41. The fraction of sp³-hybridized carbons (Fsp3) is 0.500. The molecule has 0 spiro atoms. The summed E-state index contributed by atoms with van der Waals surface area (Å²) in [7, 11) is 0. The fourth-order valence-electron chi connectivity index (χ4n) is 4.03. The molecule has 4 rings (SSSR count). The number of aryl methyl sites for hydroxylation is 1. The maximum absolute atomic E-state index is 4.57. The van der Waals surface area contributed by atoms with Crippen LogP contribution in [0.15, 0.2) is 42.6 Å². The van der Waals surface area contributed by atoms with E-state index in [1.165, 1.54) is 25.1 Å². The van der Waals surface area contributed by atoms with E-state index in [0.717, 1.165) is 44.4 Å². The van der Waals surface area contributed by atoms with Gasteiger partial charge in [0.1, 0.15) is 11.6 Å². The first-order valence-corrected chi connectivity index (χ1v) is 9.33. The summed E-state index contributed by atoms with van der Waals surface area (Å²) < 4.78 is 0. The molecule has 0 N–H and O–H groups in total. The van der Waals surface area contributed by atoms with Crippen molar-refractivity contribution in [3.05, 3.63) is 54.0 Å². The molecule has 5 nitrogen and oxygen atoms in total. The highest BCUT2D eigenvalue weighted by molar-refractivity contribution is 5.38. The van der Waals surface area contributed by atoms with Crippen molar-refractivity contribution < 1.29 is 0 Å². The van der Waals surface area contributed by atoms with Gasteiger partial charge in [0, 0.05) is 58.1 Å². The van der Waals surface area contributed by atoms with Crippen molar-refractivity contribution >= 4 is 5.82 Å². The van der Waals surface area contributed by atoms with Crippen molar-refractivity contribution in [3.63, 3.8) is 0 Å². The van der Waals surface area contributed by atoms with Crippen LogP contribution in [-0.4, -0.2) is 65.1 Å². The third kappa shape index (κ3) is 3.99. The predicted octanol–water partition coefficient (Wildman–Crippen LogP) is 2.18. The third-order valence-electron chi connectivity index (χ3n) is 5.41. The molecule has 0 radical (unpaired) electrons. The second-order valence-corrected chi connectivity index (χ2v) is 7.15. The highest BCUT2D eigenvalue weighted by atomic mass is 15.3. The molecule has 2 saturated heterocycles. The van der Waals surface area contributed by atoms with Gasteiger partial charge in [-0.15, -0.1) is 0 Å². The number of rotatable bonds is 4. The number of hydrogen-bond donors (Lipinski definition) is 0. The summed E-state index contributed by atoms with van der Waals surface area (Å²) in [6.45, 7) is 9.83. The normalized spacial score (nSPS) is 22.4. The lowest BCUT2D eigenvalue weighted by Crippen LogP contribution is -2.51. The summed E-state index contributed by atoms with van der Waals surface area (Å²) in [5, 5.41) is 0. The minimum absolute atomic E-state index is 0.706. The van der Waals surface area contributed by atoms with E-state index in [9.17, 15) is 0 Å². The fourth-order valence-corrected chi connectivity index (χ4v) is 4.03. The van der Waals surface area contributed by atoms with E-state index >= 15 is 0 Å². The molecule has 1 aromatic carbocycles. The first-order chi connectivity index (χ1) is 12.3. The zero-order chi connectivity index (χ0) is 17.1. The van der Waals surface area contributed by atoms with Crippen LogP contribution in [0, 0.1) is 6.92 Å². The number of likely N-dealkylation sites (tertiary alicyclic amines) is 1. The second kappa shape index (κ2) is 7.50. The molecule has 2 aliphatic heterocycles. The van der Waals surface area contributed by atoms with Crippen molar-refractivity contribution in [2.45, 2.75) is 25.9 Å². The van der Waals surface area contributed by atoms with Crippen LogP contribution in [0.25, 0.3) is 0 Å². The summed E-state index contributed by atoms with van der Waals surface area (Å²) in [6.07, 6.45) is 3.15. The second-order valence-electron chi connectivity index (χ2n) is 7.15. The maximum atomic E-state index is 4.57. The maximum Gasteiger partial charge on any atom is 0.132 e. The molecule has 0 bridgehead atoms. The molecule has 0 amide bonds. The van der Waals surface area contributed by atoms with Crippen LogP contribution >= 0.6 is 0 Å². The Hall–Kier alpha value is -1.98. The van der Waals surface area contributed by atoms with Gasteiger partial charge in [-0.1, -0.05) is 30.3 Å². The molecule has 0 aliphatic carbocycles. The Morgan fingerprint density at radius 2 is 1.80 bits per heavy atom. The zero-order valence-electron chi connectivity index (χ0n) is 15.0. The van der Waals surface area contributed by atoms with Gasteiger partial charge in [-0.05, 0) is 25.0 Å². The van der Waals surface area contributed by atoms with Gasteiger partial charge in [0.15, 0.2) is 0 Å². The number of aromatic nitrogens is 2. The average Bonchev–Trinajstić information content (AvgIpc) is 3.11. The van der Waals surface area contributed by atoms with Gasteiger partial charge >= 0.3 is 0 Å². The molecule has 25 heavy (non-hydrogen) atoms. The van der Waals surface area contributed by atoms with Crippen molar-refractivity contribution in [2.24, 2.45) is 0 Å². The number of nitrogens with zero attached hydrogens (tertiary/aromatic N) is 5. The van der Waals surface area contributed by atoms with E-state index in [-0.39, 0.29) is 0 Å². The minimum atomic E-state index is 0.706. The molecule has 2 aliphatic rings. The Morgan fingerprint density at radius 1 is 1.00 bits per heavy atom. The summed E-state index contributed by atoms with van der Waals surface area (Å²) in [4.78, 5) is 16.4. The lowest BCUT2D eigenvalue weighted by Gasteiger charge is -2.38. The molecule has 1 atom stereocenters. The number of benzene rings is 1. The van der Waals surface area contributed by atoms with Crippen LogP contribution in [0.5, 0.6) is 0 Å². The molecule has 132 valence electrons. The molecule has 5 heteroatoms. The van der Waals surface area contributed by atoms with E-state index in [0.29, 0.717) is 6.04 Å². The van der Waals surface area contributed by atoms with Crippen molar-refractivity contribution in [2.75, 3.05) is 44.2 Å². The molecule has 1 unspecified atom stereocenters. The lowest BCUT2D eigenvalue weighted by molar-refractivity contribution is 0.181. The molecular weight excluding hydrogens is 310 g/mol. The topological polar surface area (TPSA) is 35.5 Å². The van der Waals surface area contributed by atoms with E-state index in [2.05, 4.69) is 55.0 Å². The summed E-state index contributed by atoms with van der Waals surface area (Å²) >= 11 is 0. The SMILES string of the molecule is Cc1nccc(N2CCN(C3CCN(Cc4ccccc4)C3)CC2)n1. The largest absolute Gasteiger partial charge is 0.354 e. The number of hydrogen-bond acceptors (Lipinski definition) is 5. The van der Waals surface area contributed by atoms with Crippen molar-refractivity contribution in [1.82, 2.24) is 19.8 Å². The molecule has 0 saturated carbocycles. The Morgan fingerprint density at radius 3 is 2.56 bits per heavy atom. The van der Waals surface area contributed by atoms with Crippen LogP contribution in [-0.2, 0) is 6.54 Å². The van der Waals surface area contributed by atoms with E-state index in [4.69, 9.17) is 0 Å². The monoisotopic (exact) mass is 337 g/mol. The van der Waals surface area contributed by atoms with Crippen LogP contribution < -0.4 is 4.90 Å². The van der Waals surface area contributed by atoms with Gasteiger partial charge in [0.05, 0.1) is 0 Å². The average molecular weight is 337 g/mol.